The zero-order valence-corrected chi connectivity index (χ0v) is 8.60. The third-order valence-corrected chi connectivity index (χ3v) is 2.69. The van der Waals surface area contributed by atoms with E-state index in [-0.39, 0.29) is 10.6 Å². The lowest BCUT2D eigenvalue weighted by Crippen LogP contribution is -2.01. The van der Waals surface area contributed by atoms with Crippen LogP contribution in [0.3, 0.4) is 0 Å². The lowest BCUT2D eigenvalue weighted by molar-refractivity contribution is -0.386. The molecule has 1 aliphatic rings. The normalized spacial score (nSPS) is 15.3. The second-order valence-corrected chi connectivity index (χ2v) is 3.81. The molecular weight excluding hydrogens is 194 g/mol. The Morgan fingerprint density at radius 1 is 1.53 bits per heavy atom. The molecule has 0 saturated heterocycles. The average Bonchev–Trinajstić information content (AvgIpc) is 3.01. The van der Waals surface area contributed by atoms with Gasteiger partial charge in [-0.15, -0.1) is 0 Å². The first-order valence-corrected chi connectivity index (χ1v) is 4.99. The fraction of sp³-hybridized carbons (Fsp3) is 0.455. The Morgan fingerprint density at radius 2 is 2.27 bits per heavy atom. The molecule has 0 amide bonds. The van der Waals surface area contributed by atoms with Crippen LogP contribution in [0.1, 0.15) is 29.9 Å². The first-order chi connectivity index (χ1) is 7.24. The number of ether oxygens (including phenoxy) is 1. The molecule has 4 heteroatoms. The van der Waals surface area contributed by atoms with Crippen molar-refractivity contribution in [3.05, 3.63) is 39.4 Å². The summed E-state index contributed by atoms with van der Waals surface area (Å²) in [5.74, 6) is 0.509. The number of rotatable bonds is 4. The van der Waals surface area contributed by atoms with Gasteiger partial charge in [0.05, 0.1) is 17.1 Å². The van der Waals surface area contributed by atoms with Crippen LogP contribution >= 0.6 is 0 Å². The predicted octanol–water partition coefficient (Wildman–Crippen LogP) is 2.62. The summed E-state index contributed by atoms with van der Waals surface area (Å²) in [6, 6.07) is 5.27. The minimum atomic E-state index is -0.333. The Balaban J connectivity index is 2.44. The third-order valence-electron chi connectivity index (χ3n) is 2.69. The highest BCUT2D eigenvalue weighted by Gasteiger charge is 2.29. The van der Waals surface area contributed by atoms with Gasteiger partial charge in [-0.1, -0.05) is 12.1 Å². The Kier molecular flexibility index (Phi) is 2.68. The van der Waals surface area contributed by atoms with Gasteiger partial charge in [-0.25, -0.2) is 0 Å². The topological polar surface area (TPSA) is 52.4 Å². The molecule has 1 fully saturated rings. The number of hydrogen-bond acceptors (Lipinski definition) is 3. The van der Waals surface area contributed by atoms with Gasteiger partial charge >= 0.3 is 0 Å². The summed E-state index contributed by atoms with van der Waals surface area (Å²) < 4.78 is 5.03. The minimum absolute atomic E-state index is 0.182. The summed E-state index contributed by atoms with van der Waals surface area (Å²) in [6.45, 7) is 0.322. The van der Waals surface area contributed by atoms with E-state index in [0.717, 1.165) is 24.0 Å². The molecule has 0 N–H and O–H groups in total. The van der Waals surface area contributed by atoms with Crippen molar-refractivity contribution < 1.29 is 9.66 Å². The van der Waals surface area contributed by atoms with Crippen LogP contribution in [0.5, 0.6) is 0 Å². The maximum atomic E-state index is 10.8. The van der Waals surface area contributed by atoms with Crippen molar-refractivity contribution in [2.45, 2.75) is 25.4 Å². The molecule has 15 heavy (non-hydrogen) atoms. The molecular formula is C11H13NO3. The minimum Gasteiger partial charge on any atom is -0.380 e. The molecule has 1 aromatic rings. The van der Waals surface area contributed by atoms with Crippen molar-refractivity contribution >= 4 is 5.69 Å². The zero-order chi connectivity index (χ0) is 10.8. The fourth-order valence-electron chi connectivity index (χ4n) is 1.84. The van der Waals surface area contributed by atoms with Gasteiger partial charge in [0.15, 0.2) is 0 Å². The standard InChI is InChI=1S/C11H13NO3/c1-15-7-10-9(8-5-6-8)3-2-4-11(10)12(13)14/h2-4,8H,5-7H2,1H3. The Hall–Kier alpha value is -1.42. The maximum absolute atomic E-state index is 10.8. The number of methoxy groups -OCH3 is 1. The molecule has 0 heterocycles. The van der Waals surface area contributed by atoms with E-state index in [1.165, 1.54) is 0 Å². The van der Waals surface area contributed by atoms with Crippen LogP contribution in [-0.2, 0) is 11.3 Å². The average molecular weight is 207 g/mol. The molecule has 80 valence electrons. The highest BCUT2D eigenvalue weighted by atomic mass is 16.6. The molecule has 0 aliphatic heterocycles. The highest BCUT2D eigenvalue weighted by molar-refractivity contribution is 5.47. The van der Waals surface area contributed by atoms with E-state index >= 15 is 0 Å². The van der Waals surface area contributed by atoms with Crippen molar-refractivity contribution in [3.8, 4) is 0 Å². The predicted molar refractivity (Wildman–Crippen MR) is 55.8 cm³/mol. The molecule has 1 aromatic carbocycles. The Labute approximate surface area is 88.0 Å². The van der Waals surface area contributed by atoms with Crippen molar-refractivity contribution in [1.82, 2.24) is 0 Å². The molecule has 1 aliphatic carbocycles. The van der Waals surface area contributed by atoms with Crippen LogP contribution in [0, 0.1) is 10.1 Å². The fourth-order valence-corrected chi connectivity index (χ4v) is 1.84. The molecule has 0 aromatic heterocycles. The number of benzene rings is 1. The SMILES string of the molecule is COCc1c(C2CC2)cccc1[N+](=O)[O-]. The van der Waals surface area contributed by atoms with E-state index in [0.29, 0.717) is 12.5 Å². The van der Waals surface area contributed by atoms with E-state index in [1.54, 1.807) is 19.2 Å². The first kappa shape index (κ1) is 10.1. The largest absolute Gasteiger partial charge is 0.380 e. The van der Waals surface area contributed by atoms with E-state index in [2.05, 4.69) is 0 Å². The number of nitro groups is 1. The van der Waals surface area contributed by atoms with E-state index in [9.17, 15) is 10.1 Å². The van der Waals surface area contributed by atoms with Crippen LogP contribution in [0.25, 0.3) is 0 Å². The van der Waals surface area contributed by atoms with E-state index in [4.69, 9.17) is 4.74 Å². The van der Waals surface area contributed by atoms with E-state index < -0.39 is 0 Å². The quantitative estimate of drug-likeness (QED) is 0.563. The van der Waals surface area contributed by atoms with Gasteiger partial charge in [-0.3, -0.25) is 10.1 Å². The van der Waals surface area contributed by atoms with Crippen LogP contribution < -0.4 is 0 Å². The van der Waals surface area contributed by atoms with E-state index in [1.807, 2.05) is 6.07 Å². The lowest BCUT2D eigenvalue weighted by atomic mass is 10.0. The molecule has 0 radical (unpaired) electrons. The summed E-state index contributed by atoms with van der Waals surface area (Å²) in [6.07, 6.45) is 2.27. The highest BCUT2D eigenvalue weighted by Crippen LogP contribution is 2.43. The summed E-state index contributed by atoms with van der Waals surface area (Å²) in [4.78, 5) is 10.5. The summed E-state index contributed by atoms with van der Waals surface area (Å²) in [7, 11) is 1.56. The third kappa shape index (κ3) is 1.99. The molecule has 4 nitrogen and oxygen atoms in total. The molecule has 0 spiro atoms. The van der Waals surface area contributed by atoms with Gasteiger partial charge in [0, 0.05) is 13.2 Å². The first-order valence-electron chi connectivity index (χ1n) is 4.99. The Morgan fingerprint density at radius 3 is 2.80 bits per heavy atom. The summed E-state index contributed by atoms with van der Waals surface area (Å²) in [5.41, 5.74) is 2.01. The van der Waals surface area contributed by atoms with Crippen LogP contribution in [0.15, 0.2) is 18.2 Å². The lowest BCUT2D eigenvalue weighted by Gasteiger charge is -2.07. The van der Waals surface area contributed by atoms with Crippen molar-refractivity contribution in [2.24, 2.45) is 0 Å². The van der Waals surface area contributed by atoms with Gasteiger partial charge in [0.2, 0.25) is 0 Å². The van der Waals surface area contributed by atoms with Gasteiger partial charge in [-0.05, 0) is 24.3 Å². The van der Waals surface area contributed by atoms with Crippen LogP contribution in [0.2, 0.25) is 0 Å². The van der Waals surface area contributed by atoms with Gasteiger partial charge in [0.1, 0.15) is 0 Å². The van der Waals surface area contributed by atoms with Crippen molar-refractivity contribution in [2.75, 3.05) is 7.11 Å². The van der Waals surface area contributed by atoms with Crippen LogP contribution in [-0.4, -0.2) is 12.0 Å². The van der Waals surface area contributed by atoms with Crippen molar-refractivity contribution in [1.29, 1.82) is 0 Å². The number of nitro benzene ring substituents is 1. The molecule has 0 unspecified atom stereocenters. The maximum Gasteiger partial charge on any atom is 0.275 e. The van der Waals surface area contributed by atoms with Gasteiger partial charge in [0.25, 0.3) is 5.69 Å². The van der Waals surface area contributed by atoms with Crippen molar-refractivity contribution in [3.63, 3.8) is 0 Å². The molecule has 1 saturated carbocycles. The summed E-state index contributed by atoms with van der Waals surface area (Å²) in [5, 5.41) is 10.8. The van der Waals surface area contributed by atoms with Crippen LogP contribution in [0.4, 0.5) is 5.69 Å². The summed E-state index contributed by atoms with van der Waals surface area (Å²) >= 11 is 0. The monoisotopic (exact) mass is 207 g/mol. The smallest absolute Gasteiger partial charge is 0.275 e. The van der Waals surface area contributed by atoms with Gasteiger partial charge in [-0.2, -0.15) is 0 Å². The number of hydrogen-bond donors (Lipinski definition) is 0. The number of nitrogens with zero attached hydrogens (tertiary/aromatic N) is 1. The Bertz CT molecular complexity index is 385. The van der Waals surface area contributed by atoms with Gasteiger partial charge < -0.3 is 4.74 Å². The zero-order valence-electron chi connectivity index (χ0n) is 8.60. The molecule has 0 bridgehead atoms. The second-order valence-electron chi connectivity index (χ2n) is 3.81. The molecule has 0 atom stereocenters. The second kappa shape index (κ2) is 3.98. The molecule has 2 rings (SSSR count).